The number of aromatic amines is 1. The number of phenols is 1. The van der Waals surface area contributed by atoms with Gasteiger partial charge in [0.25, 0.3) is 5.91 Å². The molecule has 0 spiro atoms. The average molecular weight is 415 g/mol. The first-order valence-electron chi connectivity index (χ1n) is 9.92. The molecule has 4 aromatic rings. The molecule has 0 saturated carbocycles. The van der Waals surface area contributed by atoms with E-state index in [1.165, 1.54) is 0 Å². The second kappa shape index (κ2) is 7.36. The molecule has 0 radical (unpaired) electrons. The Hall–Kier alpha value is -4.00. The number of hydrogen-bond acceptors (Lipinski definition) is 5. The molecule has 0 aliphatic carbocycles. The third kappa shape index (κ3) is 3.15. The molecule has 1 aliphatic rings. The van der Waals surface area contributed by atoms with Crippen LogP contribution in [0.2, 0.25) is 0 Å². The Bertz CT molecular complexity index is 1240. The van der Waals surface area contributed by atoms with Crippen LogP contribution in [-0.2, 0) is 6.54 Å². The van der Waals surface area contributed by atoms with E-state index in [2.05, 4.69) is 10.2 Å². The van der Waals surface area contributed by atoms with E-state index in [1.54, 1.807) is 30.4 Å². The fourth-order valence-corrected chi connectivity index (χ4v) is 4.11. The first kappa shape index (κ1) is 19.0. The van der Waals surface area contributed by atoms with Crippen LogP contribution in [0.25, 0.3) is 11.3 Å². The van der Waals surface area contributed by atoms with Crippen molar-refractivity contribution in [3.8, 4) is 22.8 Å². The molecule has 1 amide bonds. The van der Waals surface area contributed by atoms with Gasteiger partial charge in [-0.05, 0) is 48.9 Å². The standard InChI is InChI=1S/C24H21N3O4/c1-14-5-10-19(28)18(12-14)21-20-22(26-25-21)24(29)27(13-17-4-3-11-31-17)23(20)15-6-8-16(30-2)9-7-15/h3-12,23,28H,13H2,1-2H3,(H,25,26). The summed E-state index contributed by atoms with van der Waals surface area (Å²) >= 11 is 0. The van der Waals surface area contributed by atoms with Crippen molar-refractivity contribution in [1.82, 2.24) is 15.1 Å². The molecule has 0 bridgehead atoms. The summed E-state index contributed by atoms with van der Waals surface area (Å²) in [6.45, 7) is 2.26. The van der Waals surface area contributed by atoms with Crippen LogP contribution in [0, 0.1) is 6.92 Å². The first-order valence-corrected chi connectivity index (χ1v) is 9.92. The Morgan fingerprint density at radius 3 is 2.71 bits per heavy atom. The lowest BCUT2D eigenvalue weighted by Gasteiger charge is -2.25. The largest absolute Gasteiger partial charge is 0.507 e. The molecular weight excluding hydrogens is 394 g/mol. The molecule has 31 heavy (non-hydrogen) atoms. The summed E-state index contributed by atoms with van der Waals surface area (Å²) in [5, 5.41) is 17.8. The zero-order valence-electron chi connectivity index (χ0n) is 17.1. The van der Waals surface area contributed by atoms with Crippen LogP contribution in [-0.4, -0.2) is 33.2 Å². The van der Waals surface area contributed by atoms with Crippen molar-refractivity contribution in [3.05, 3.63) is 89.0 Å². The monoisotopic (exact) mass is 415 g/mol. The molecule has 1 atom stereocenters. The van der Waals surface area contributed by atoms with Gasteiger partial charge in [0, 0.05) is 11.1 Å². The number of nitrogens with zero attached hydrogens (tertiary/aromatic N) is 2. The summed E-state index contributed by atoms with van der Waals surface area (Å²) in [5.74, 6) is 1.36. The number of aromatic nitrogens is 2. The first-order chi connectivity index (χ1) is 15.1. The molecule has 5 rings (SSSR count). The number of hydrogen-bond donors (Lipinski definition) is 2. The fraction of sp³-hybridized carbons (Fsp3) is 0.167. The van der Waals surface area contributed by atoms with Gasteiger partial charge in [-0.1, -0.05) is 23.8 Å². The third-order valence-corrected chi connectivity index (χ3v) is 5.61. The van der Waals surface area contributed by atoms with Crippen LogP contribution in [0.3, 0.4) is 0 Å². The van der Waals surface area contributed by atoms with Gasteiger partial charge in [0.05, 0.1) is 26.0 Å². The number of aryl methyl sites for hydroxylation is 1. The van der Waals surface area contributed by atoms with Crippen LogP contribution in [0.1, 0.15) is 39.0 Å². The number of ether oxygens (including phenoxy) is 1. The van der Waals surface area contributed by atoms with Gasteiger partial charge in [-0.15, -0.1) is 0 Å². The molecule has 0 fully saturated rings. The van der Waals surface area contributed by atoms with Gasteiger partial charge in [-0.25, -0.2) is 0 Å². The Labute approximate surface area is 178 Å². The number of aromatic hydroxyl groups is 1. The molecule has 2 N–H and O–H groups in total. The van der Waals surface area contributed by atoms with Gasteiger partial charge >= 0.3 is 0 Å². The maximum Gasteiger partial charge on any atom is 0.273 e. The smallest absolute Gasteiger partial charge is 0.273 e. The lowest BCUT2D eigenvalue weighted by atomic mass is 9.95. The minimum atomic E-state index is -0.396. The van der Waals surface area contributed by atoms with E-state index in [4.69, 9.17) is 9.15 Å². The number of phenolic OH excluding ortho intramolecular Hbond substituents is 1. The Morgan fingerprint density at radius 2 is 2.00 bits per heavy atom. The second-order valence-corrected chi connectivity index (χ2v) is 7.57. The Balaban J connectivity index is 1.67. The van der Waals surface area contributed by atoms with Crippen LogP contribution in [0.5, 0.6) is 11.5 Å². The Kier molecular flexibility index (Phi) is 4.51. The van der Waals surface area contributed by atoms with Crippen LogP contribution in [0.4, 0.5) is 0 Å². The minimum absolute atomic E-state index is 0.116. The molecule has 7 heteroatoms. The van der Waals surface area contributed by atoms with Gasteiger partial charge in [0.1, 0.15) is 28.6 Å². The van der Waals surface area contributed by atoms with E-state index in [0.717, 1.165) is 22.4 Å². The van der Waals surface area contributed by atoms with Gasteiger partial charge in [-0.3, -0.25) is 9.89 Å². The summed E-state index contributed by atoms with van der Waals surface area (Å²) in [6.07, 6.45) is 1.59. The van der Waals surface area contributed by atoms with E-state index in [0.29, 0.717) is 29.3 Å². The van der Waals surface area contributed by atoms with Crippen LogP contribution in [0.15, 0.2) is 65.3 Å². The number of furan rings is 1. The van der Waals surface area contributed by atoms with Crippen molar-refractivity contribution in [2.75, 3.05) is 7.11 Å². The highest BCUT2D eigenvalue weighted by Gasteiger charge is 2.42. The summed E-state index contributed by atoms with van der Waals surface area (Å²) < 4.78 is 10.8. The van der Waals surface area contributed by atoms with Crippen molar-refractivity contribution in [1.29, 1.82) is 0 Å². The van der Waals surface area contributed by atoms with Crippen molar-refractivity contribution < 1.29 is 19.1 Å². The molecule has 0 saturated heterocycles. The maximum absolute atomic E-state index is 13.4. The highest BCUT2D eigenvalue weighted by Crippen LogP contribution is 2.45. The summed E-state index contributed by atoms with van der Waals surface area (Å²) in [6, 6.07) is 16.2. The van der Waals surface area contributed by atoms with Crippen molar-refractivity contribution >= 4 is 5.91 Å². The zero-order chi connectivity index (χ0) is 21.5. The van der Waals surface area contributed by atoms with Crippen LogP contribution >= 0.6 is 0 Å². The number of carbonyl (C=O) groups is 1. The SMILES string of the molecule is COc1ccc(C2c3c(-c4cc(C)ccc4O)n[nH]c3C(=O)N2Cc2ccco2)cc1. The Morgan fingerprint density at radius 1 is 1.19 bits per heavy atom. The van der Waals surface area contributed by atoms with E-state index in [-0.39, 0.29) is 11.7 Å². The van der Waals surface area contributed by atoms with E-state index < -0.39 is 6.04 Å². The lowest BCUT2D eigenvalue weighted by Crippen LogP contribution is -2.28. The molecule has 2 aromatic heterocycles. The van der Waals surface area contributed by atoms with Gasteiger partial charge in [-0.2, -0.15) is 5.10 Å². The number of benzene rings is 2. The molecule has 1 aliphatic heterocycles. The van der Waals surface area contributed by atoms with Gasteiger partial charge in [0.15, 0.2) is 0 Å². The van der Waals surface area contributed by atoms with Crippen molar-refractivity contribution in [2.24, 2.45) is 0 Å². The lowest BCUT2D eigenvalue weighted by molar-refractivity contribution is 0.0717. The van der Waals surface area contributed by atoms with Crippen molar-refractivity contribution in [3.63, 3.8) is 0 Å². The fourth-order valence-electron chi connectivity index (χ4n) is 4.11. The molecule has 2 aromatic carbocycles. The molecule has 156 valence electrons. The van der Waals surface area contributed by atoms with Gasteiger partial charge < -0.3 is 19.2 Å². The molecule has 3 heterocycles. The number of methoxy groups -OCH3 is 1. The summed E-state index contributed by atoms with van der Waals surface area (Å²) in [4.78, 5) is 15.1. The highest BCUT2D eigenvalue weighted by molar-refractivity contribution is 6.00. The van der Waals surface area contributed by atoms with E-state index >= 15 is 0 Å². The number of carbonyl (C=O) groups excluding carboxylic acids is 1. The number of fused-ring (bicyclic) bond motifs is 1. The molecular formula is C24H21N3O4. The minimum Gasteiger partial charge on any atom is -0.507 e. The second-order valence-electron chi connectivity index (χ2n) is 7.57. The topological polar surface area (TPSA) is 91.6 Å². The number of nitrogens with one attached hydrogen (secondary N) is 1. The van der Waals surface area contributed by atoms with Gasteiger partial charge in [0.2, 0.25) is 0 Å². The number of H-pyrrole nitrogens is 1. The summed E-state index contributed by atoms with van der Waals surface area (Å²) in [5.41, 5.74) is 4.21. The third-order valence-electron chi connectivity index (χ3n) is 5.61. The normalized spacial score (nSPS) is 15.4. The average Bonchev–Trinajstić information content (AvgIpc) is 3.50. The maximum atomic E-state index is 13.4. The molecule has 7 nitrogen and oxygen atoms in total. The molecule has 1 unspecified atom stereocenters. The summed E-state index contributed by atoms with van der Waals surface area (Å²) in [7, 11) is 1.62. The van der Waals surface area contributed by atoms with Crippen LogP contribution < -0.4 is 4.74 Å². The predicted molar refractivity (Wildman–Crippen MR) is 114 cm³/mol. The number of rotatable bonds is 5. The van der Waals surface area contributed by atoms with E-state index in [9.17, 15) is 9.90 Å². The predicted octanol–water partition coefficient (Wildman–Crippen LogP) is 4.44. The highest BCUT2D eigenvalue weighted by atomic mass is 16.5. The quantitative estimate of drug-likeness (QED) is 0.503. The van der Waals surface area contributed by atoms with Crippen molar-refractivity contribution in [2.45, 2.75) is 19.5 Å². The number of amides is 1. The zero-order valence-corrected chi connectivity index (χ0v) is 17.1. The van der Waals surface area contributed by atoms with E-state index in [1.807, 2.05) is 49.4 Å².